The highest BCUT2D eigenvalue weighted by Crippen LogP contribution is 2.36. The molecule has 0 saturated carbocycles. The van der Waals surface area contributed by atoms with Crippen molar-refractivity contribution in [1.82, 2.24) is 14.9 Å². The number of rotatable bonds is 2. The standard InChI is InChI=1S/C23H26N4O3/c1-13-5-3-4-6-20(13)26-12-15(9-21(26)28)23(30)27-16-7-8-17(27)11-19-18(10-16)22(29)25-14(2)24-19/h3-6,15-17H,7-12H2,1-2H3,(H,24,25,29)/t15-,16+,17+/m0/s1. The number of H-pyrrole nitrogens is 1. The lowest BCUT2D eigenvalue weighted by Gasteiger charge is -2.30. The van der Waals surface area contributed by atoms with Crippen LogP contribution in [-0.2, 0) is 22.4 Å². The average Bonchev–Trinajstić information content (AvgIpc) is 3.22. The summed E-state index contributed by atoms with van der Waals surface area (Å²) in [6.07, 6.45) is 3.22. The van der Waals surface area contributed by atoms with E-state index >= 15 is 0 Å². The molecule has 0 aliphatic carbocycles. The molecule has 7 heteroatoms. The van der Waals surface area contributed by atoms with E-state index in [9.17, 15) is 14.4 Å². The lowest BCUT2D eigenvalue weighted by molar-refractivity contribution is -0.138. The summed E-state index contributed by atoms with van der Waals surface area (Å²) >= 11 is 0. The van der Waals surface area contributed by atoms with E-state index in [4.69, 9.17) is 0 Å². The van der Waals surface area contributed by atoms with Crippen LogP contribution < -0.4 is 10.5 Å². The van der Waals surface area contributed by atoms with Crippen molar-refractivity contribution in [2.75, 3.05) is 11.4 Å². The van der Waals surface area contributed by atoms with Gasteiger partial charge in [0, 0.05) is 49.1 Å². The number of aryl methyl sites for hydroxylation is 2. The van der Waals surface area contributed by atoms with E-state index in [1.54, 1.807) is 11.8 Å². The van der Waals surface area contributed by atoms with Crippen molar-refractivity contribution in [1.29, 1.82) is 0 Å². The van der Waals surface area contributed by atoms with Crippen LogP contribution >= 0.6 is 0 Å². The van der Waals surface area contributed by atoms with Gasteiger partial charge in [0.15, 0.2) is 0 Å². The van der Waals surface area contributed by atoms with Crippen LogP contribution in [0.15, 0.2) is 29.1 Å². The van der Waals surface area contributed by atoms with Crippen molar-refractivity contribution in [3.05, 3.63) is 57.3 Å². The third-order valence-corrected chi connectivity index (χ3v) is 6.84. The number of amides is 2. The van der Waals surface area contributed by atoms with Gasteiger partial charge in [-0.1, -0.05) is 18.2 Å². The summed E-state index contributed by atoms with van der Waals surface area (Å²) in [5, 5.41) is 0. The first kappa shape index (κ1) is 19.0. The Hall–Kier alpha value is -2.96. The van der Waals surface area contributed by atoms with Gasteiger partial charge in [-0.05, 0) is 38.3 Å². The largest absolute Gasteiger partial charge is 0.336 e. The van der Waals surface area contributed by atoms with E-state index in [-0.39, 0.29) is 41.8 Å². The molecule has 3 aliphatic heterocycles. The Labute approximate surface area is 175 Å². The fraction of sp³-hybridized carbons (Fsp3) is 0.478. The number of carbonyl (C=O) groups excluding carboxylic acids is 2. The minimum absolute atomic E-state index is 0.00170. The van der Waals surface area contributed by atoms with Crippen molar-refractivity contribution >= 4 is 17.5 Å². The molecule has 7 nitrogen and oxygen atoms in total. The SMILES string of the molecule is Cc1nc2c(c(=O)[nH]1)C[C@H]1CC[C@H](C2)N1C(=O)[C@H]1CC(=O)N(c2ccccc2C)C1. The monoisotopic (exact) mass is 406 g/mol. The number of hydrogen-bond acceptors (Lipinski definition) is 4. The Kier molecular flexibility index (Phi) is 4.49. The summed E-state index contributed by atoms with van der Waals surface area (Å²) < 4.78 is 0. The highest BCUT2D eigenvalue weighted by atomic mass is 16.2. The van der Waals surface area contributed by atoms with Gasteiger partial charge in [-0.25, -0.2) is 4.98 Å². The van der Waals surface area contributed by atoms with Gasteiger partial charge in [0.1, 0.15) is 5.82 Å². The number of nitrogens with zero attached hydrogens (tertiary/aromatic N) is 3. The summed E-state index contributed by atoms with van der Waals surface area (Å²) in [7, 11) is 0. The van der Waals surface area contributed by atoms with Gasteiger partial charge in [-0.2, -0.15) is 0 Å². The van der Waals surface area contributed by atoms with Gasteiger partial charge < -0.3 is 14.8 Å². The second-order valence-corrected chi connectivity index (χ2v) is 8.81. The molecule has 3 aliphatic rings. The van der Waals surface area contributed by atoms with Crippen LogP contribution in [-0.4, -0.2) is 45.3 Å². The molecule has 2 amide bonds. The molecule has 30 heavy (non-hydrogen) atoms. The highest BCUT2D eigenvalue weighted by molar-refractivity contribution is 6.01. The van der Waals surface area contributed by atoms with Gasteiger partial charge in [-0.3, -0.25) is 14.4 Å². The first-order chi connectivity index (χ1) is 14.4. The predicted octanol–water partition coefficient (Wildman–Crippen LogP) is 1.90. The molecular weight excluding hydrogens is 380 g/mol. The molecule has 1 aromatic heterocycles. The summed E-state index contributed by atoms with van der Waals surface area (Å²) in [4.78, 5) is 49.9. The molecule has 0 spiro atoms. The quantitative estimate of drug-likeness (QED) is 0.825. The lowest BCUT2D eigenvalue weighted by Crippen LogP contribution is -2.45. The Morgan fingerprint density at radius 2 is 1.80 bits per heavy atom. The third-order valence-electron chi connectivity index (χ3n) is 6.84. The summed E-state index contributed by atoms with van der Waals surface area (Å²) in [5.74, 6) is 0.328. The van der Waals surface area contributed by atoms with E-state index in [0.29, 0.717) is 25.2 Å². The topological polar surface area (TPSA) is 86.4 Å². The van der Waals surface area contributed by atoms with E-state index in [0.717, 1.165) is 35.3 Å². The molecule has 4 heterocycles. The zero-order valence-corrected chi connectivity index (χ0v) is 17.4. The molecule has 2 aromatic rings. The normalized spacial score (nSPS) is 25.4. The Bertz CT molecular complexity index is 1090. The van der Waals surface area contributed by atoms with Crippen LogP contribution in [0.2, 0.25) is 0 Å². The second kappa shape index (κ2) is 7.07. The summed E-state index contributed by atoms with van der Waals surface area (Å²) in [5.41, 5.74) is 3.37. The average molecular weight is 406 g/mol. The summed E-state index contributed by atoms with van der Waals surface area (Å²) in [6.45, 7) is 4.19. The second-order valence-electron chi connectivity index (χ2n) is 8.81. The van der Waals surface area contributed by atoms with Crippen LogP contribution in [0.1, 0.15) is 41.9 Å². The van der Waals surface area contributed by atoms with Gasteiger partial charge in [-0.15, -0.1) is 0 Å². The van der Waals surface area contributed by atoms with Crippen molar-refractivity contribution in [3.8, 4) is 0 Å². The van der Waals surface area contributed by atoms with Crippen LogP contribution in [0, 0.1) is 19.8 Å². The number of hydrogen-bond donors (Lipinski definition) is 1. The molecule has 0 radical (unpaired) electrons. The van der Waals surface area contributed by atoms with Crippen molar-refractivity contribution in [2.45, 2.75) is 58.0 Å². The fourth-order valence-corrected chi connectivity index (χ4v) is 5.41. The Morgan fingerprint density at radius 3 is 2.57 bits per heavy atom. The molecule has 2 fully saturated rings. The van der Waals surface area contributed by atoms with E-state index in [1.165, 1.54) is 0 Å². The first-order valence-electron chi connectivity index (χ1n) is 10.7. The van der Waals surface area contributed by atoms with Crippen molar-refractivity contribution in [2.24, 2.45) is 5.92 Å². The number of fused-ring (bicyclic) bond motifs is 3. The minimum Gasteiger partial charge on any atom is -0.336 e. The predicted molar refractivity (Wildman–Crippen MR) is 112 cm³/mol. The number of nitrogens with one attached hydrogen (secondary N) is 1. The van der Waals surface area contributed by atoms with Crippen LogP contribution in [0.4, 0.5) is 5.69 Å². The maximum Gasteiger partial charge on any atom is 0.254 e. The zero-order chi connectivity index (χ0) is 21.0. The van der Waals surface area contributed by atoms with E-state index in [2.05, 4.69) is 9.97 Å². The molecule has 3 atom stereocenters. The number of anilines is 1. The number of benzene rings is 1. The van der Waals surface area contributed by atoms with E-state index in [1.807, 2.05) is 36.1 Å². The number of aromatic amines is 1. The Morgan fingerprint density at radius 1 is 1.07 bits per heavy atom. The molecular formula is C23H26N4O3. The van der Waals surface area contributed by atoms with Gasteiger partial charge in [0.2, 0.25) is 11.8 Å². The first-order valence-corrected chi connectivity index (χ1v) is 10.7. The molecule has 1 N–H and O–H groups in total. The van der Waals surface area contributed by atoms with Crippen molar-refractivity contribution in [3.63, 3.8) is 0 Å². The third kappa shape index (κ3) is 3.04. The van der Waals surface area contributed by atoms with Crippen LogP contribution in [0.3, 0.4) is 0 Å². The molecule has 5 rings (SSSR count). The smallest absolute Gasteiger partial charge is 0.254 e. The molecule has 156 valence electrons. The van der Waals surface area contributed by atoms with Gasteiger partial charge >= 0.3 is 0 Å². The molecule has 1 aromatic carbocycles. The van der Waals surface area contributed by atoms with Gasteiger partial charge in [0.25, 0.3) is 5.56 Å². The minimum atomic E-state index is -0.339. The Balaban J connectivity index is 1.40. The zero-order valence-electron chi connectivity index (χ0n) is 17.4. The van der Waals surface area contributed by atoms with Crippen LogP contribution in [0.5, 0.6) is 0 Å². The maximum atomic E-state index is 13.6. The highest BCUT2D eigenvalue weighted by Gasteiger charge is 2.45. The molecule has 0 unspecified atom stereocenters. The fourth-order valence-electron chi connectivity index (χ4n) is 5.41. The van der Waals surface area contributed by atoms with Crippen molar-refractivity contribution < 1.29 is 9.59 Å². The van der Waals surface area contributed by atoms with Gasteiger partial charge in [0.05, 0.1) is 11.6 Å². The van der Waals surface area contributed by atoms with E-state index < -0.39 is 0 Å². The maximum absolute atomic E-state index is 13.6. The molecule has 2 saturated heterocycles. The number of para-hydroxylation sites is 1. The lowest BCUT2D eigenvalue weighted by atomic mass is 9.98. The van der Waals surface area contributed by atoms with Crippen LogP contribution in [0.25, 0.3) is 0 Å². The summed E-state index contributed by atoms with van der Waals surface area (Å²) in [6, 6.07) is 7.86. The number of carbonyl (C=O) groups is 2. The molecule has 2 bridgehead atoms. The number of aromatic nitrogens is 2.